The molecule has 1 aliphatic heterocycles. The van der Waals surface area contributed by atoms with Crippen molar-refractivity contribution in [2.24, 2.45) is 5.92 Å². The lowest BCUT2D eigenvalue weighted by Crippen LogP contribution is -2.46. The summed E-state index contributed by atoms with van der Waals surface area (Å²) in [5.41, 5.74) is 0. The van der Waals surface area contributed by atoms with Gasteiger partial charge in [-0.15, -0.1) is 0 Å². The number of nitrogens with one attached hydrogen (secondary N) is 1. The van der Waals surface area contributed by atoms with Crippen LogP contribution >= 0.6 is 0 Å². The first-order valence-corrected chi connectivity index (χ1v) is 8.46. The number of amides is 1. The highest BCUT2D eigenvalue weighted by Crippen LogP contribution is 2.23. The van der Waals surface area contributed by atoms with Gasteiger partial charge < -0.3 is 25.2 Å². The maximum absolute atomic E-state index is 11.9. The molecular weight excluding hydrogens is 284 g/mol. The molecule has 3 N–H and O–H groups in total. The number of β-amino-alcohol motifs (C(OH)–C–C–N with tert-alkyl or cyclic N) is 1. The van der Waals surface area contributed by atoms with E-state index in [1.165, 1.54) is 0 Å². The van der Waals surface area contributed by atoms with E-state index >= 15 is 0 Å². The van der Waals surface area contributed by atoms with Crippen molar-refractivity contribution in [1.82, 2.24) is 10.2 Å². The second kappa shape index (κ2) is 8.24. The zero-order chi connectivity index (χ0) is 16.1. The topological polar surface area (TPSA) is 82.0 Å². The molecule has 2 aliphatic rings. The third-order valence-corrected chi connectivity index (χ3v) is 4.36. The minimum atomic E-state index is -0.892. The van der Waals surface area contributed by atoms with Gasteiger partial charge in [-0.25, -0.2) is 0 Å². The van der Waals surface area contributed by atoms with Crippen LogP contribution in [0.15, 0.2) is 0 Å². The molecule has 0 aromatic rings. The van der Waals surface area contributed by atoms with Gasteiger partial charge in [-0.3, -0.25) is 4.79 Å². The van der Waals surface area contributed by atoms with E-state index in [0.29, 0.717) is 19.2 Å². The predicted molar refractivity (Wildman–Crippen MR) is 83.4 cm³/mol. The van der Waals surface area contributed by atoms with Gasteiger partial charge in [0.25, 0.3) is 0 Å². The molecule has 0 unspecified atom stereocenters. The van der Waals surface area contributed by atoms with Crippen LogP contribution in [0.25, 0.3) is 0 Å². The molecule has 1 amide bonds. The lowest BCUT2D eigenvalue weighted by molar-refractivity contribution is -0.133. The average Bonchev–Trinajstić information content (AvgIpc) is 3.29. The maximum Gasteiger partial charge on any atom is 0.249 e. The van der Waals surface area contributed by atoms with Gasteiger partial charge in [0, 0.05) is 12.6 Å². The highest BCUT2D eigenvalue weighted by molar-refractivity contribution is 5.81. The molecule has 0 aromatic carbocycles. The summed E-state index contributed by atoms with van der Waals surface area (Å²) in [5.74, 6) is -0.189. The minimum absolute atomic E-state index is 0.0269. The number of hydrogen-bond acceptors (Lipinski definition) is 5. The zero-order valence-corrected chi connectivity index (χ0v) is 13.7. The Bertz CT molecular complexity index is 352. The molecule has 0 aromatic heterocycles. The lowest BCUT2D eigenvalue weighted by atomic mass is 9.90. The molecule has 2 rings (SSSR count). The van der Waals surface area contributed by atoms with E-state index in [-0.39, 0.29) is 17.9 Å². The Kier molecular flexibility index (Phi) is 6.62. The Balaban J connectivity index is 1.65. The molecule has 1 saturated heterocycles. The number of nitrogens with zero attached hydrogens (tertiary/aromatic N) is 1. The normalized spacial score (nSPS) is 23.5. The van der Waals surface area contributed by atoms with Crippen LogP contribution in [0.4, 0.5) is 0 Å². The Morgan fingerprint density at radius 3 is 2.41 bits per heavy atom. The number of aliphatic hydroxyl groups is 2. The van der Waals surface area contributed by atoms with Crippen molar-refractivity contribution in [3.05, 3.63) is 0 Å². The van der Waals surface area contributed by atoms with Gasteiger partial charge in [0.05, 0.1) is 18.8 Å². The smallest absolute Gasteiger partial charge is 0.249 e. The molecule has 22 heavy (non-hydrogen) atoms. The van der Waals surface area contributed by atoms with E-state index in [9.17, 15) is 15.0 Å². The molecule has 2 atom stereocenters. The van der Waals surface area contributed by atoms with Gasteiger partial charge >= 0.3 is 0 Å². The molecule has 0 bridgehead atoms. The molecule has 0 spiro atoms. The van der Waals surface area contributed by atoms with Gasteiger partial charge in [-0.05, 0) is 58.5 Å². The van der Waals surface area contributed by atoms with Gasteiger partial charge in [-0.1, -0.05) is 0 Å². The third kappa shape index (κ3) is 5.83. The summed E-state index contributed by atoms with van der Waals surface area (Å²) >= 11 is 0. The van der Waals surface area contributed by atoms with Crippen LogP contribution in [-0.2, 0) is 9.53 Å². The lowest BCUT2D eigenvalue weighted by Gasteiger charge is -2.34. The van der Waals surface area contributed by atoms with Crippen molar-refractivity contribution in [3.63, 3.8) is 0 Å². The van der Waals surface area contributed by atoms with Crippen LogP contribution in [0, 0.1) is 5.92 Å². The standard InChI is InChI=1S/C16H30N2O4/c1-11(2)22-10-14(19)9-18-7-5-12(6-8-18)15(20)16(21)17-13-3-4-13/h11-15,19-20H,3-10H2,1-2H3,(H,17,21)/t14-,15+/m1/s1. The summed E-state index contributed by atoms with van der Waals surface area (Å²) < 4.78 is 5.41. The Morgan fingerprint density at radius 2 is 1.86 bits per heavy atom. The van der Waals surface area contributed by atoms with Crippen molar-refractivity contribution in [2.45, 2.75) is 63.9 Å². The van der Waals surface area contributed by atoms with Crippen molar-refractivity contribution >= 4 is 5.91 Å². The first-order chi connectivity index (χ1) is 10.5. The number of aliphatic hydroxyl groups excluding tert-OH is 2. The number of piperidine rings is 1. The fourth-order valence-corrected chi connectivity index (χ4v) is 2.83. The summed E-state index contributed by atoms with van der Waals surface area (Å²) in [5, 5.41) is 22.9. The monoisotopic (exact) mass is 314 g/mol. The first kappa shape index (κ1) is 17.7. The van der Waals surface area contributed by atoms with Crippen LogP contribution in [0.2, 0.25) is 0 Å². The Labute approximate surface area is 132 Å². The summed E-state index contributed by atoms with van der Waals surface area (Å²) in [7, 11) is 0. The molecule has 6 nitrogen and oxygen atoms in total. The number of hydrogen-bond donors (Lipinski definition) is 3. The minimum Gasteiger partial charge on any atom is -0.389 e. The number of rotatable bonds is 8. The summed E-state index contributed by atoms with van der Waals surface area (Å²) in [6.45, 7) is 6.45. The highest BCUT2D eigenvalue weighted by Gasteiger charge is 2.33. The summed E-state index contributed by atoms with van der Waals surface area (Å²) in [4.78, 5) is 14.0. The average molecular weight is 314 g/mol. The fourth-order valence-electron chi connectivity index (χ4n) is 2.83. The molecule has 2 fully saturated rings. The number of likely N-dealkylation sites (tertiary alicyclic amines) is 1. The van der Waals surface area contributed by atoms with Gasteiger partial charge in [0.2, 0.25) is 5.91 Å². The number of carbonyl (C=O) groups is 1. The summed E-state index contributed by atoms with van der Waals surface area (Å²) in [6.07, 6.45) is 2.40. The third-order valence-electron chi connectivity index (χ3n) is 4.36. The molecule has 0 radical (unpaired) electrons. The largest absolute Gasteiger partial charge is 0.389 e. The van der Waals surface area contributed by atoms with Crippen molar-refractivity contribution in [1.29, 1.82) is 0 Å². The fraction of sp³-hybridized carbons (Fsp3) is 0.938. The van der Waals surface area contributed by atoms with Gasteiger partial charge in [-0.2, -0.15) is 0 Å². The highest BCUT2D eigenvalue weighted by atomic mass is 16.5. The second-order valence-electron chi connectivity index (χ2n) is 6.90. The van der Waals surface area contributed by atoms with Crippen LogP contribution in [0.5, 0.6) is 0 Å². The van der Waals surface area contributed by atoms with Crippen molar-refractivity contribution in [3.8, 4) is 0 Å². The molecule has 1 saturated carbocycles. The predicted octanol–water partition coefficient (Wildman–Crippen LogP) is 0.124. The van der Waals surface area contributed by atoms with E-state index in [2.05, 4.69) is 10.2 Å². The van der Waals surface area contributed by atoms with E-state index in [0.717, 1.165) is 38.8 Å². The Hall–Kier alpha value is -0.690. The van der Waals surface area contributed by atoms with E-state index in [1.807, 2.05) is 13.8 Å². The van der Waals surface area contributed by atoms with E-state index < -0.39 is 12.2 Å². The van der Waals surface area contributed by atoms with Gasteiger partial charge in [0.15, 0.2) is 0 Å². The van der Waals surface area contributed by atoms with Crippen LogP contribution in [-0.4, -0.2) is 71.6 Å². The van der Waals surface area contributed by atoms with Crippen molar-refractivity contribution in [2.75, 3.05) is 26.2 Å². The molecule has 1 heterocycles. The first-order valence-electron chi connectivity index (χ1n) is 8.46. The van der Waals surface area contributed by atoms with Crippen LogP contribution in [0.3, 0.4) is 0 Å². The van der Waals surface area contributed by atoms with Gasteiger partial charge in [0.1, 0.15) is 6.10 Å². The SMILES string of the molecule is CC(C)OC[C@H](O)CN1CCC([C@H](O)C(=O)NC2CC2)CC1. The molecule has 1 aliphatic carbocycles. The van der Waals surface area contributed by atoms with E-state index in [4.69, 9.17) is 4.74 Å². The molecule has 6 heteroatoms. The zero-order valence-electron chi connectivity index (χ0n) is 13.7. The summed E-state index contributed by atoms with van der Waals surface area (Å²) in [6, 6.07) is 0.290. The van der Waals surface area contributed by atoms with Crippen molar-refractivity contribution < 1.29 is 19.7 Å². The second-order valence-corrected chi connectivity index (χ2v) is 6.90. The quantitative estimate of drug-likeness (QED) is 0.593. The molecular formula is C16H30N2O4. The van der Waals surface area contributed by atoms with Crippen LogP contribution < -0.4 is 5.32 Å². The van der Waals surface area contributed by atoms with Crippen LogP contribution in [0.1, 0.15) is 39.5 Å². The number of carbonyl (C=O) groups excluding carboxylic acids is 1. The number of ether oxygens (including phenoxy) is 1. The Morgan fingerprint density at radius 1 is 1.23 bits per heavy atom. The molecule has 128 valence electrons. The van der Waals surface area contributed by atoms with E-state index in [1.54, 1.807) is 0 Å². The maximum atomic E-state index is 11.9.